The molecule has 0 aliphatic heterocycles. The van der Waals surface area contributed by atoms with E-state index >= 15 is 0 Å². The molecule has 0 spiro atoms. The number of hydrogen-bond acceptors (Lipinski definition) is 2. The van der Waals surface area contributed by atoms with Crippen molar-refractivity contribution in [1.82, 2.24) is 0 Å². The average molecular weight is 759 g/mol. The summed E-state index contributed by atoms with van der Waals surface area (Å²) in [5.74, 6) is 1.73. The lowest BCUT2D eigenvalue weighted by Crippen LogP contribution is -1.94. The molecule has 0 unspecified atom stereocenters. The molecule has 15 rings (SSSR count). The standard InChI is InChI=1S/C58H30O2/c1-4-15-36-32(10-1)27-47-53-38(36)18-9-19-42(53)56-57(47)55(50-28-34-11-2-5-20-48(34)59-50)43-25-24-37-41(54(43)58(56)51-29-35-12-3-6-21-49(35)60-51)23-22-33-26-45-39-16-7-13-31-14-8-17-40(52(31)39)46(45)30-44(33)37/h1-30H. The van der Waals surface area contributed by atoms with Crippen LogP contribution >= 0.6 is 0 Å². The third kappa shape index (κ3) is 3.84. The van der Waals surface area contributed by atoms with Gasteiger partial charge < -0.3 is 8.83 Å². The van der Waals surface area contributed by atoms with Gasteiger partial charge in [0.05, 0.1) is 0 Å². The van der Waals surface area contributed by atoms with Gasteiger partial charge in [-0.15, -0.1) is 0 Å². The zero-order valence-electron chi connectivity index (χ0n) is 32.1. The molecule has 13 aromatic rings. The van der Waals surface area contributed by atoms with E-state index in [1.54, 1.807) is 0 Å². The molecule has 2 heterocycles. The lowest BCUT2D eigenvalue weighted by Gasteiger charge is -2.20. The largest absolute Gasteiger partial charge is 0.456 e. The molecule has 0 radical (unpaired) electrons. The molecule has 2 aliphatic rings. The molecule has 60 heavy (non-hydrogen) atoms. The van der Waals surface area contributed by atoms with Gasteiger partial charge in [-0.05, 0) is 135 Å². The summed E-state index contributed by atoms with van der Waals surface area (Å²) in [6.45, 7) is 0. The summed E-state index contributed by atoms with van der Waals surface area (Å²) in [7, 11) is 0. The smallest absolute Gasteiger partial charge is 0.136 e. The molecule has 0 bridgehead atoms. The van der Waals surface area contributed by atoms with Crippen molar-refractivity contribution in [2.24, 2.45) is 0 Å². The first-order chi connectivity index (χ1) is 29.7. The van der Waals surface area contributed by atoms with Crippen LogP contribution in [0.3, 0.4) is 0 Å². The highest BCUT2D eigenvalue weighted by atomic mass is 16.3. The van der Waals surface area contributed by atoms with Crippen LogP contribution in [0.4, 0.5) is 0 Å². The van der Waals surface area contributed by atoms with E-state index in [9.17, 15) is 0 Å². The van der Waals surface area contributed by atoms with Crippen LogP contribution in [0.15, 0.2) is 191 Å². The predicted molar refractivity (Wildman–Crippen MR) is 251 cm³/mol. The van der Waals surface area contributed by atoms with E-state index in [4.69, 9.17) is 8.83 Å². The summed E-state index contributed by atoms with van der Waals surface area (Å²) < 4.78 is 13.9. The normalized spacial score (nSPS) is 12.7. The fraction of sp³-hybridized carbons (Fsp3) is 0. The first-order valence-electron chi connectivity index (χ1n) is 20.7. The highest BCUT2D eigenvalue weighted by Gasteiger charge is 2.34. The van der Waals surface area contributed by atoms with E-state index in [1.807, 2.05) is 0 Å². The van der Waals surface area contributed by atoms with Gasteiger partial charge in [-0.25, -0.2) is 0 Å². The Balaban J connectivity index is 1.15. The van der Waals surface area contributed by atoms with Crippen molar-refractivity contribution in [3.63, 3.8) is 0 Å². The van der Waals surface area contributed by atoms with Crippen LogP contribution in [0.5, 0.6) is 0 Å². The molecule has 0 N–H and O–H groups in total. The lowest BCUT2D eigenvalue weighted by molar-refractivity contribution is 0.631. The van der Waals surface area contributed by atoms with Gasteiger partial charge in [0.1, 0.15) is 22.7 Å². The van der Waals surface area contributed by atoms with Crippen molar-refractivity contribution < 1.29 is 8.83 Å². The van der Waals surface area contributed by atoms with E-state index in [1.165, 1.54) is 104 Å². The van der Waals surface area contributed by atoms with Crippen LogP contribution in [-0.2, 0) is 0 Å². The Bertz CT molecular complexity index is 4050. The molecule has 0 amide bonds. The van der Waals surface area contributed by atoms with E-state index < -0.39 is 0 Å². The summed E-state index contributed by atoms with van der Waals surface area (Å²) in [6.07, 6.45) is 0. The van der Waals surface area contributed by atoms with Crippen molar-refractivity contribution in [1.29, 1.82) is 0 Å². The van der Waals surface area contributed by atoms with Gasteiger partial charge in [-0.2, -0.15) is 0 Å². The maximum Gasteiger partial charge on any atom is 0.136 e. The molecule has 0 saturated carbocycles. The maximum absolute atomic E-state index is 6.99. The van der Waals surface area contributed by atoms with Crippen LogP contribution in [-0.4, -0.2) is 0 Å². The van der Waals surface area contributed by atoms with Crippen LogP contribution < -0.4 is 0 Å². The molecule has 0 fully saturated rings. The molecule has 11 aromatic carbocycles. The number of rotatable bonds is 2. The number of fused-ring (bicyclic) bond motifs is 15. The molecular formula is C58H30O2. The van der Waals surface area contributed by atoms with Gasteiger partial charge in [0.15, 0.2) is 0 Å². The molecule has 2 heteroatoms. The quantitative estimate of drug-likeness (QED) is 0.164. The Morgan fingerprint density at radius 3 is 1.53 bits per heavy atom. The summed E-state index contributed by atoms with van der Waals surface area (Å²) in [4.78, 5) is 0. The monoisotopic (exact) mass is 758 g/mol. The summed E-state index contributed by atoms with van der Waals surface area (Å²) in [5.41, 5.74) is 14.1. The highest BCUT2D eigenvalue weighted by Crippen LogP contribution is 2.60. The van der Waals surface area contributed by atoms with Crippen LogP contribution in [0.1, 0.15) is 0 Å². The minimum Gasteiger partial charge on any atom is -0.456 e. The van der Waals surface area contributed by atoms with Crippen LogP contribution in [0.2, 0.25) is 0 Å². The topological polar surface area (TPSA) is 26.3 Å². The molecule has 2 aromatic heterocycles. The molecular weight excluding hydrogens is 729 g/mol. The zero-order valence-corrected chi connectivity index (χ0v) is 32.1. The average Bonchev–Trinajstić information content (AvgIpc) is 4.08. The fourth-order valence-electron chi connectivity index (χ4n) is 11.2. The van der Waals surface area contributed by atoms with Crippen LogP contribution in [0.25, 0.3) is 154 Å². The highest BCUT2D eigenvalue weighted by molar-refractivity contribution is 6.34. The molecule has 2 aliphatic carbocycles. The van der Waals surface area contributed by atoms with E-state index in [0.717, 1.165) is 50.0 Å². The molecule has 274 valence electrons. The first kappa shape index (κ1) is 31.1. The summed E-state index contributed by atoms with van der Waals surface area (Å²) in [5, 5.41) is 17.0. The maximum atomic E-state index is 6.99. The Morgan fingerprint density at radius 2 is 0.767 bits per heavy atom. The van der Waals surface area contributed by atoms with E-state index in [2.05, 4.69) is 182 Å². The second-order valence-corrected chi connectivity index (χ2v) is 16.6. The van der Waals surface area contributed by atoms with E-state index in [0.29, 0.717) is 0 Å². The van der Waals surface area contributed by atoms with Crippen molar-refractivity contribution in [3.8, 4) is 67.2 Å². The Morgan fingerprint density at radius 1 is 0.233 bits per heavy atom. The Labute approximate surface area is 343 Å². The Kier molecular flexibility index (Phi) is 5.68. The molecule has 0 saturated heterocycles. The van der Waals surface area contributed by atoms with E-state index in [-0.39, 0.29) is 0 Å². The second-order valence-electron chi connectivity index (χ2n) is 16.6. The Hall–Kier alpha value is -7.94. The summed E-state index contributed by atoms with van der Waals surface area (Å²) in [6, 6.07) is 66.9. The van der Waals surface area contributed by atoms with Crippen molar-refractivity contribution >= 4 is 86.6 Å². The van der Waals surface area contributed by atoms with Crippen molar-refractivity contribution in [2.45, 2.75) is 0 Å². The minimum atomic E-state index is 0.867. The predicted octanol–water partition coefficient (Wildman–Crippen LogP) is 16.7. The zero-order chi connectivity index (χ0) is 38.8. The SMILES string of the molecule is c1ccc2oc(-c3c4c(c(-c5cc6ccccc6o5)c5c3ccc3c6cc7c(cc6ccc35)-c3cccc5cccc-7c35)-c3cccc5c3c-4cc3ccccc35)cc2c1. The van der Waals surface area contributed by atoms with Crippen molar-refractivity contribution in [3.05, 3.63) is 182 Å². The van der Waals surface area contributed by atoms with Gasteiger partial charge in [-0.1, -0.05) is 140 Å². The lowest BCUT2D eigenvalue weighted by atomic mass is 9.83. The van der Waals surface area contributed by atoms with Gasteiger partial charge in [0, 0.05) is 38.4 Å². The third-order valence-corrected chi connectivity index (χ3v) is 13.7. The summed E-state index contributed by atoms with van der Waals surface area (Å²) >= 11 is 0. The van der Waals surface area contributed by atoms with Gasteiger partial charge >= 0.3 is 0 Å². The van der Waals surface area contributed by atoms with Gasteiger partial charge in [-0.3, -0.25) is 0 Å². The second kappa shape index (κ2) is 11.0. The van der Waals surface area contributed by atoms with Crippen molar-refractivity contribution in [2.75, 3.05) is 0 Å². The van der Waals surface area contributed by atoms with Gasteiger partial charge in [0.25, 0.3) is 0 Å². The first-order valence-corrected chi connectivity index (χ1v) is 20.7. The number of hydrogen-bond donors (Lipinski definition) is 0. The minimum absolute atomic E-state index is 0.867. The third-order valence-electron chi connectivity index (χ3n) is 13.7. The van der Waals surface area contributed by atoms with Gasteiger partial charge in [0.2, 0.25) is 0 Å². The molecule has 2 nitrogen and oxygen atoms in total. The fourth-order valence-corrected chi connectivity index (χ4v) is 11.2. The number of para-hydroxylation sites is 2. The van der Waals surface area contributed by atoms with Crippen LogP contribution in [0, 0.1) is 0 Å². The number of benzene rings is 11. The number of furan rings is 2. The molecule has 0 atom stereocenters.